The number of carboxylic acids is 1. The molecule has 0 aliphatic rings. The molecule has 0 fully saturated rings. The fourth-order valence-corrected chi connectivity index (χ4v) is 1.44. The average molecular weight is 270 g/mol. The second-order valence-corrected chi connectivity index (χ2v) is 3.59. The first kappa shape index (κ1) is 14.1. The lowest BCUT2D eigenvalue weighted by molar-refractivity contribution is -0.129. The van der Waals surface area contributed by atoms with Crippen LogP contribution in [0.4, 0.5) is 0 Å². The number of nitrogens with zero attached hydrogens (tertiary/aromatic N) is 1. The summed E-state index contributed by atoms with van der Waals surface area (Å²) >= 11 is 5.91. The fourth-order valence-electron chi connectivity index (χ4n) is 1.18. The van der Waals surface area contributed by atoms with E-state index in [4.69, 9.17) is 26.3 Å². The molecule has 0 atom stereocenters. The lowest BCUT2D eigenvalue weighted by Crippen LogP contribution is -2.15. The van der Waals surface area contributed by atoms with Gasteiger partial charge in [0, 0.05) is 5.56 Å². The van der Waals surface area contributed by atoms with E-state index in [1.165, 1.54) is 25.3 Å². The largest absolute Gasteiger partial charge is 0.495 e. The molecule has 18 heavy (non-hydrogen) atoms. The van der Waals surface area contributed by atoms with Crippen LogP contribution in [0.1, 0.15) is 5.56 Å². The maximum absolute atomic E-state index is 11.0. The zero-order valence-electron chi connectivity index (χ0n) is 9.72. The van der Waals surface area contributed by atoms with Gasteiger partial charge in [-0.1, -0.05) is 29.4 Å². The van der Waals surface area contributed by atoms with Gasteiger partial charge in [-0.2, -0.15) is 0 Å². The minimum Gasteiger partial charge on any atom is -0.495 e. The van der Waals surface area contributed by atoms with Crippen molar-refractivity contribution in [2.45, 2.75) is 0 Å². The number of methoxy groups -OCH3 is 1. The predicted octanol–water partition coefficient (Wildman–Crippen LogP) is 2.34. The SMILES string of the molecule is C=CCO/N=C(\C(=O)O)c1ccc(OC)c(Cl)c1. The van der Waals surface area contributed by atoms with Gasteiger partial charge in [0.05, 0.1) is 12.1 Å². The molecule has 0 radical (unpaired) electrons. The summed E-state index contributed by atoms with van der Waals surface area (Å²) in [4.78, 5) is 15.8. The van der Waals surface area contributed by atoms with E-state index >= 15 is 0 Å². The van der Waals surface area contributed by atoms with Crippen molar-refractivity contribution in [3.05, 3.63) is 41.4 Å². The van der Waals surface area contributed by atoms with Crippen LogP contribution in [-0.2, 0) is 9.63 Å². The van der Waals surface area contributed by atoms with Crippen LogP contribution in [0.2, 0.25) is 5.02 Å². The Morgan fingerprint density at radius 2 is 2.33 bits per heavy atom. The molecule has 0 saturated heterocycles. The maximum Gasteiger partial charge on any atom is 0.358 e. The number of aliphatic carboxylic acids is 1. The fraction of sp³-hybridized carbons (Fsp3) is 0.167. The summed E-state index contributed by atoms with van der Waals surface area (Å²) in [7, 11) is 1.47. The molecule has 1 aromatic carbocycles. The number of carbonyl (C=O) groups is 1. The number of rotatable bonds is 6. The van der Waals surface area contributed by atoms with Crippen LogP contribution in [0.5, 0.6) is 5.75 Å². The van der Waals surface area contributed by atoms with Gasteiger partial charge < -0.3 is 14.7 Å². The number of hydrogen-bond donors (Lipinski definition) is 1. The number of ether oxygens (including phenoxy) is 1. The van der Waals surface area contributed by atoms with Crippen LogP contribution in [-0.4, -0.2) is 30.5 Å². The highest BCUT2D eigenvalue weighted by atomic mass is 35.5. The molecule has 1 rings (SSSR count). The Kier molecular flexibility index (Phi) is 5.20. The Balaban J connectivity index is 3.06. The highest BCUT2D eigenvalue weighted by Gasteiger charge is 2.15. The number of benzene rings is 1. The minimum absolute atomic E-state index is 0.126. The molecular weight excluding hydrogens is 258 g/mol. The van der Waals surface area contributed by atoms with Crippen LogP contribution in [0.25, 0.3) is 0 Å². The van der Waals surface area contributed by atoms with Crippen molar-refractivity contribution in [3.8, 4) is 5.75 Å². The van der Waals surface area contributed by atoms with E-state index in [2.05, 4.69) is 11.7 Å². The molecule has 5 nitrogen and oxygen atoms in total. The number of halogens is 1. The first-order chi connectivity index (χ1) is 8.60. The molecule has 0 aromatic heterocycles. The monoisotopic (exact) mass is 269 g/mol. The van der Waals surface area contributed by atoms with Gasteiger partial charge in [0.25, 0.3) is 0 Å². The van der Waals surface area contributed by atoms with E-state index in [9.17, 15) is 4.79 Å². The van der Waals surface area contributed by atoms with Crippen LogP contribution in [0.15, 0.2) is 36.0 Å². The van der Waals surface area contributed by atoms with Gasteiger partial charge in [-0.15, -0.1) is 0 Å². The molecule has 0 heterocycles. The second kappa shape index (κ2) is 6.66. The topological polar surface area (TPSA) is 68.1 Å². The Morgan fingerprint density at radius 1 is 1.61 bits per heavy atom. The summed E-state index contributed by atoms with van der Waals surface area (Å²) in [6, 6.07) is 4.54. The van der Waals surface area contributed by atoms with Gasteiger partial charge in [0.15, 0.2) is 5.71 Å². The van der Waals surface area contributed by atoms with Gasteiger partial charge >= 0.3 is 5.97 Å². The Bertz CT molecular complexity index is 485. The van der Waals surface area contributed by atoms with Crippen molar-refractivity contribution in [1.29, 1.82) is 0 Å². The Hall–Kier alpha value is -2.01. The van der Waals surface area contributed by atoms with Crippen molar-refractivity contribution < 1.29 is 19.5 Å². The van der Waals surface area contributed by atoms with Crippen LogP contribution in [0.3, 0.4) is 0 Å². The van der Waals surface area contributed by atoms with Crippen LogP contribution < -0.4 is 4.74 Å². The molecular formula is C12H12ClNO4. The average Bonchev–Trinajstić information content (AvgIpc) is 2.34. The summed E-state index contributed by atoms with van der Waals surface area (Å²) in [5.41, 5.74) is 0.0961. The highest BCUT2D eigenvalue weighted by Crippen LogP contribution is 2.25. The predicted molar refractivity (Wildman–Crippen MR) is 68.3 cm³/mol. The molecule has 0 aliphatic heterocycles. The molecule has 6 heteroatoms. The molecule has 0 aliphatic carbocycles. The van der Waals surface area contributed by atoms with Crippen LogP contribution in [0, 0.1) is 0 Å². The lowest BCUT2D eigenvalue weighted by Gasteiger charge is -2.06. The quantitative estimate of drug-likeness (QED) is 0.372. The van der Waals surface area contributed by atoms with Crippen molar-refractivity contribution >= 4 is 23.3 Å². The summed E-state index contributed by atoms with van der Waals surface area (Å²) in [5, 5.41) is 12.9. The van der Waals surface area contributed by atoms with Gasteiger partial charge in [0.1, 0.15) is 12.4 Å². The first-order valence-corrected chi connectivity index (χ1v) is 5.36. The van der Waals surface area contributed by atoms with Crippen LogP contribution >= 0.6 is 11.6 Å². The smallest absolute Gasteiger partial charge is 0.358 e. The molecule has 1 N–H and O–H groups in total. The third kappa shape index (κ3) is 3.49. The van der Waals surface area contributed by atoms with Crippen molar-refractivity contribution in [3.63, 3.8) is 0 Å². The zero-order chi connectivity index (χ0) is 13.5. The molecule has 0 unspecified atom stereocenters. The molecule has 1 aromatic rings. The number of carboxylic acid groups (broad SMARTS) is 1. The summed E-state index contributed by atoms with van der Waals surface area (Å²) in [6.07, 6.45) is 1.46. The molecule has 0 amide bonds. The number of hydrogen-bond acceptors (Lipinski definition) is 4. The van der Waals surface area contributed by atoms with E-state index < -0.39 is 5.97 Å². The summed E-state index contributed by atoms with van der Waals surface area (Å²) in [5.74, 6) is -0.752. The summed E-state index contributed by atoms with van der Waals surface area (Å²) in [6.45, 7) is 3.56. The zero-order valence-corrected chi connectivity index (χ0v) is 10.5. The third-order valence-electron chi connectivity index (χ3n) is 1.98. The van der Waals surface area contributed by atoms with Gasteiger partial charge in [-0.25, -0.2) is 4.79 Å². The minimum atomic E-state index is -1.21. The lowest BCUT2D eigenvalue weighted by atomic mass is 10.1. The first-order valence-electron chi connectivity index (χ1n) is 4.98. The normalized spacial score (nSPS) is 10.9. The molecule has 96 valence electrons. The Labute approximate surface area is 109 Å². The van der Waals surface area contributed by atoms with Crippen molar-refractivity contribution in [2.75, 3.05) is 13.7 Å². The van der Waals surface area contributed by atoms with Crippen molar-refractivity contribution in [1.82, 2.24) is 0 Å². The van der Waals surface area contributed by atoms with E-state index in [1.807, 2.05) is 0 Å². The van der Waals surface area contributed by atoms with E-state index in [1.54, 1.807) is 6.07 Å². The van der Waals surface area contributed by atoms with E-state index in [0.29, 0.717) is 16.3 Å². The molecule has 0 spiro atoms. The highest BCUT2D eigenvalue weighted by molar-refractivity contribution is 6.43. The number of oxime groups is 1. The van der Waals surface area contributed by atoms with E-state index in [-0.39, 0.29) is 12.3 Å². The Morgan fingerprint density at radius 3 is 2.83 bits per heavy atom. The standard InChI is InChI=1S/C12H12ClNO4/c1-3-6-18-14-11(12(15)16)8-4-5-10(17-2)9(13)7-8/h3-5,7H,1,6H2,2H3,(H,15,16)/b14-11-. The van der Waals surface area contributed by atoms with Gasteiger partial charge in [-0.05, 0) is 18.2 Å². The molecule has 0 bridgehead atoms. The third-order valence-corrected chi connectivity index (χ3v) is 2.27. The van der Waals surface area contributed by atoms with Gasteiger partial charge in [-0.3, -0.25) is 0 Å². The van der Waals surface area contributed by atoms with E-state index in [0.717, 1.165) is 0 Å². The molecule has 0 saturated carbocycles. The van der Waals surface area contributed by atoms with Gasteiger partial charge in [0.2, 0.25) is 0 Å². The maximum atomic E-state index is 11.0. The second-order valence-electron chi connectivity index (χ2n) is 3.18. The van der Waals surface area contributed by atoms with Crippen molar-refractivity contribution in [2.24, 2.45) is 5.16 Å². The summed E-state index contributed by atoms with van der Waals surface area (Å²) < 4.78 is 4.97.